The number of carbonyl (C=O) groups is 1. The summed E-state index contributed by atoms with van der Waals surface area (Å²) >= 11 is 0. The minimum atomic E-state index is -2.83. The molecule has 128 valence electrons. The second-order valence-corrected chi connectivity index (χ2v) is 5.65. The quantitative estimate of drug-likeness (QED) is 0.794. The number of amides is 1. The molecule has 1 aromatic carbocycles. The highest BCUT2D eigenvalue weighted by Gasteiger charge is 2.19. The molecule has 0 spiro atoms. The van der Waals surface area contributed by atoms with Gasteiger partial charge in [0.05, 0.1) is 12.6 Å². The number of alkyl halides is 2. The molecule has 23 heavy (non-hydrogen) atoms. The minimum Gasteiger partial charge on any atom is -0.435 e. The van der Waals surface area contributed by atoms with Gasteiger partial charge in [-0.1, -0.05) is 12.1 Å². The smallest absolute Gasteiger partial charge is 0.387 e. The van der Waals surface area contributed by atoms with Gasteiger partial charge in [0.2, 0.25) is 5.91 Å². The van der Waals surface area contributed by atoms with Gasteiger partial charge in [0.25, 0.3) is 0 Å². The lowest BCUT2D eigenvalue weighted by Crippen LogP contribution is -2.44. The second kappa shape index (κ2) is 8.79. The molecule has 0 saturated carbocycles. The number of carbonyl (C=O) groups excluding carboxylic acids is 1. The Morgan fingerprint density at radius 2 is 2.13 bits per heavy atom. The summed E-state index contributed by atoms with van der Waals surface area (Å²) in [5.41, 5.74) is 0.931. The van der Waals surface area contributed by atoms with Gasteiger partial charge < -0.3 is 15.2 Å². The Bertz CT molecular complexity index is 497. The molecule has 7 heteroatoms. The molecule has 1 heterocycles. The number of likely N-dealkylation sites (tertiary alicyclic amines) is 1. The van der Waals surface area contributed by atoms with Gasteiger partial charge in [-0.2, -0.15) is 8.78 Å². The van der Waals surface area contributed by atoms with E-state index in [0.29, 0.717) is 19.5 Å². The molecular formula is C16H22F2N2O3. The molecule has 0 bridgehead atoms. The molecule has 1 saturated heterocycles. The first-order valence-corrected chi connectivity index (χ1v) is 7.74. The van der Waals surface area contributed by atoms with Crippen LogP contribution < -0.4 is 10.1 Å². The van der Waals surface area contributed by atoms with Crippen molar-refractivity contribution in [3.05, 3.63) is 29.8 Å². The lowest BCUT2D eigenvalue weighted by Gasteiger charge is -2.29. The predicted octanol–water partition coefficient (Wildman–Crippen LogP) is 1.40. The normalized spacial score (nSPS) is 18.9. The van der Waals surface area contributed by atoms with E-state index in [9.17, 15) is 18.7 Å². The molecule has 2 N–H and O–H groups in total. The molecule has 0 aliphatic carbocycles. The summed E-state index contributed by atoms with van der Waals surface area (Å²) in [4.78, 5) is 13.8. The molecule has 1 unspecified atom stereocenters. The zero-order chi connectivity index (χ0) is 16.7. The van der Waals surface area contributed by atoms with E-state index in [4.69, 9.17) is 0 Å². The van der Waals surface area contributed by atoms with Crippen molar-refractivity contribution in [2.24, 2.45) is 0 Å². The molecule has 0 aromatic heterocycles. The summed E-state index contributed by atoms with van der Waals surface area (Å²) < 4.78 is 28.4. The average molecular weight is 328 g/mol. The fraction of sp³-hybridized carbons (Fsp3) is 0.562. The zero-order valence-corrected chi connectivity index (χ0v) is 12.9. The summed E-state index contributed by atoms with van der Waals surface area (Å²) in [5, 5.41) is 12.4. The number of ether oxygens (including phenoxy) is 1. The number of rotatable bonds is 7. The summed E-state index contributed by atoms with van der Waals surface area (Å²) in [6.45, 7) is -0.689. The summed E-state index contributed by atoms with van der Waals surface area (Å²) in [6.07, 6.45) is 1.97. The molecule has 1 aliphatic heterocycles. The van der Waals surface area contributed by atoms with Crippen LogP contribution in [-0.4, -0.2) is 54.8 Å². The number of piperidine rings is 1. The third-order valence-electron chi connectivity index (χ3n) is 3.73. The van der Waals surface area contributed by atoms with E-state index in [1.165, 1.54) is 12.1 Å². The molecule has 2 rings (SSSR count). The van der Waals surface area contributed by atoms with E-state index in [-0.39, 0.29) is 24.3 Å². The van der Waals surface area contributed by atoms with Crippen molar-refractivity contribution in [3.63, 3.8) is 0 Å². The number of β-amino-alcohol motifs (C(OH)–C–C–N with tert-alkyl or cyclic N) is 1. The second-order valence-electron chi connectivity index (χ2n) is 5.65. The van der Waals surface area contributed by atoms with Crippen molar-refractivity contribution in [2.75, 3.05) is 26.2 Å². The highest BCUT2D eigenvalue weighted by molar-refractivity contribution is 5.78. The van der Waals surface area contributed by atoms with Gasteiger partial charge in [0.1, 0.15) is 5.75 Å². The van der Waals surface area contributed by atoms with Gasteiger partial charge in [-0.3, -0.25) is 9.69 Å². The molecule has 1 fully saturated rings. The van der Waals surface area contributed by atoms with E-state index < -0.39 is 6.61 Å². The van der Waals surface area contributed by atoms with Gasteiger partial charge in [-0.15, -0.1) is 0 Å². The Morgan fingerprint density at radius 3 is 2.78 bits per heavy atom. The average Bonchev–Trinajstić information content (AvgIpc) is 2.48. The first-order chi connectivity index (χ1) is 11.0. The number of aliphatic hydroxyl groups is 1. The number of halogens is 2. The van der Waals surface area contributed by atoms with Crippen LogP contribution in [0.2, 0.25) is 0 Å². The largest absolute Gasteiger partial charge is 0.435 e. The van der Waals surface area contributed by atoms with Gasteiger partial charge in [-0.25, -0.2) is 0 Å². The SMILES string of the molecule is O=C(CN1CCCC(O)C1)NCCc1ccc(OC(F)F)cc1. The summed E-state index contributed by atoms with van der Waals surface area (Å²) in [6, 6.07) is 6.37. The standard InChI is InChI=1S/C16H22F2N2O3/c17-16(18)23-14-5-3-12(4-6-14)7-8-19-15(22)11-20-9-1-2-13(21)10-20/h3-6,13,16,21H,1-2,7-11H2,(H,19,22). The van der Waals surface area contributed by atoms with Crippen LogP contribution in [0.4, 0.5) is 8.78 Å². The molecule has 1 aliphatic rings. The Kier molecular flexibility index (Phi) is 6.73. The fourth-order valence-corrected chi connectivity index (χ4v) is 2.62. The lowest BCUT2D eigenvalue weighted by atomic mass is 10.1. The fourth-order valence-electron chi connectivity index (χ4n) is 2.62. The van der Waals surface area contributed by atoms with Crippen LogP contribution in [0.3, 0.4) is 0 Å². The van der Waals surface area contributed by atoms with Gasteiger partial charge in [-0.05, 0) is 43.5 Å². The maximum atomic E-state index is 12.0. The number of hydrogen-bond acceptors (Lipinski definition) is 4. The van der Waals surface area contributed by atoms with E-state index in [1.807, 2.05) is 4.90 Å². The van der Waals surface area contributed by atoms with Crippen molar-refractivity contribution in [1.29, 1.82) is 0 Å². The Morgan fingerprint density at radius 1 is 1.39 bits per heavy atom. The molecule has 5 nitrogen and oxygen atoms in total. The summed E-state index contributed by atoms with van der Waals surface area (Å²) in [7, 11) is 0. The number of hydrogen-bond donors (Lipinski definition) is 2. The zero-order valence-electron chi connectivity index (χ0n) is 12.9. The number of aliphatic hydroxyl groups excluding tert-OH is 1. The van der Waals surface area contributed by atoms with Crippen LogP contribution in [0.1, 0.15) is 18.4 Å². The highest BCUT2D eigenvalue weighted by Crippen LogP contribution is 2.15. The van der Waals surface area contributed by atoms with Crippen molar-refractivity contribution in [3.8, 4) is 5.75 Å². The van der Waals surface area contributed by atoms with Crippen LogP contribution in [0.25, 0.3) is 0 Å². The van der Waals surface area contributed by atoms with Gasteiger partial charge >= 0.3 is 6.61 Å². The van der Waals surface area contributed by atoms with Crippen LogP contribution in [0, 0.1) is 0 Å². The monoisotopic (exact) mass is 328 g/mol. The Hall–Kier alpha value is -1.73. The van der Waals surface area contributed by atoms with Crippen molar-refractivity contribution in [1.82, 2.24) is 10.2 Å². The predicted molar refractivity (Wildman–Crippen MR) is 81.5 cm³/mol. The summed E-state index contributed by atoms with van der Waals surface area (Å²) in [5.74, 6) is 0.0493. The van der Waals surface area contributed by atoms with Crippen LogP contribution in [0.15, 0.2) is 24.3 Å². The molecule has 1 aromatic rings. The first kappa shape index (κ1) is 17.6. The molecule has 1 atom stereocenters. The van der Waals surface area contributed by atoms with Crippen LogP contribution in [0.5, 0.6) is 5.75 Å². The van der Waals surface area contributed by atoms with E-state index in [1.54, 1.807) is 12.1 Å². The number of nitrogens with one attached hydrogen (secondary N) is 1. The van der Waals surface area contributed by atoms with Crippen molar-refractivity contribution >= 4 is 5.91 Å². The third kappa shape index (κ3) is 6.50. The highest BCUT2D eigenvalue weighted by atomic mass is 19.3. The van der Waals surface area contributed by atoms with E-state index in [2.05, 4.69) is 10.1 Å². The van der Waals surface area contributed by atoms with Gasteiger partial charge in [0.15, 0.2) is 0 Å². The Labute approximate surface area is 134 Å². The van der Waals surface area contributed by atoms with Gasteiger partial charge in [0, 0.05) is 13.1 Å². The maximum Gasteiger partial charge on any atom is 0.387 e. The topological polar surface area (TPSA) is 61.8 Å². The molecule has 1 amide bonds. The lowest BCUT2D eigenvalue weighted by molar-refractivity contribution is -0.122. The first-order valence-electron chi connectivity index (χ1n) is 7.74. The molecular weight excluding hydrogens is 306 g/mol. The van der Waals surface area contributed by atoms with Crippen LogP contribution >= 0.6 is 0 Å². The maximum absolute atomic E-state index is 12.0. The number of benzene rings is 1. The van der Waals surface area contributed by atoms with Crippen molar-refractivity contribution < 1.29 is 23.4 Å². The third-order valence-corrected chi connectivity index (χ3v) is 3.73. The van der Waals surface area contributed by atoms with Crippen molar-refractivity contribution in [2.45, 2.75) is 32.0 Å². The Balaban J connectivity index is 1.66. The van der Waals surface area contributed by atoms with Crippen LogP contribution in [-0.2, 0) is 11.2 Å². The van der Waals surface area contributed by atoms with E-state index >= 15 is 0 Å². The van der Waals surface area contributed by atoms with E-state index in [0.717, 1.165) is 24.9 Å². The molecule has 0 radical (unpaired) electrons. The minimum absolute atomic E-state index is 0.0725. The number of nitrogens with zero attached hydrogens (tertiary/aromatic N) is 1.